The minimum absolute atomic E-state index is 0.202. The van der Waals surface area contributed by atoms with Gasteiger partial charge in [-0.15, -0.1) is 13.2 Å². The third-order valence-electron chi connectivity index (χ3n) is 1.81. The maximum absolute atomic E-state index is 12.6. The molecule has 17 heavy (non-hydrogen) atoms. The molecule has 1 rings (SSSR count). The van der Waals surface area contributed by atoms with Gasteiger partial charge in [-0.05, 0) is 6.92 Å². The summed E-state index contributed by atoms with van der Waals surface area (Å²) in [5.41, 5.74) is -1.23. The molecular formula is C9H8F5NO2. The lowest BCUT2D eigenvalue weighted by atomic mass is 10.2. The molecule has 3 nitrogen and oxygen atoms in total. The zero-order valence-electron chi connectivity index (χ0n) is 8.81. The Labute approximate surface area is 93.2 Å². The summed E-state index contributed by atoms with van der Waals surface area (Å²) in [5, 5.41) is 0. The van der Waals surface area contributed by atoms with Crippen LogP contribution in [0.25, 0.3) is 0 Å². The van der Waals surface area contributed by atoms with Gasteiger partial charge in [0, 0.05) is 6.07 Å². The fourth-order valence-corrected chi connectivity index (χ4v) is 1.17. The fraction of sp³-hybridized carbons (Fsp3) is 0.444. The zero-order valence-corrected chi connectivity index (χ0v) is 8.81. The molecule has 0 unspecified atom stereocenters. The van der Waals surface area contributed by atoms with Crippen LogP contribution in [0.15, 0.2) is 6.07 Å². The first-order valence-corrected chi connectivity index (χ1v) is 4.34. The van der Waals surface area contributed by atoms with Gasteiger partial charge < -0.3 is 9.47 Å². The lowest BCUT2D eigenvalue weighted by molar-refractivity contribution is -0.275. The van der Waals surface area contributed by atoms with Crippen LogP contribution in [-0.2, 0) is 0 Å². The van der Waals surface area contributed by atoms with E-state index in [0.29, 0.717) is 6.07 Å². The number of aromatic nitrogens is 1. The Hall–Kier alpha value is -1.60. The van der Waals surface area contributed by atoms with Crippen molar-refractivity contribution in [1.29, 1.82) is 0 Å². The Morgan fingerprint density at radius 1 is 1.29 bits per heavy atom. The molecule has 0 saturated carbocycles. The minimum Gasteiger partial charge on any atom is -0.481 e. The van der Waals surface area contributed by atoms with E-state index in [1.807, 2.05) is 0 Å². The molecule has 96 valence electrons. The predicted octanol–water partition coefficient (Wildman–Crippen LogP) is 3.23. The summed E-state index contributed by atoms with van der Waals surface area (Å²) in [7, 11) is 1.17. The van der Waals surface area contributed by atoms with E-state index in [1.54, 1.807) is 0 Å². The number of alkyl halides is 5. The summed E-state index contributed by atoms with van der Waals surface area (Å²) in [6.07, 6.45) is -8.17. The summed E-state index contributed by atoms with van der Waals surface area (Å²) in [4.78, 5) is 3.54. The van der Waals surface area contributed by atoms with E-state index in [2.05, 4.69) is 14.5 Å². The Bertz CT molecular complexity index is 405. The van der Waals surface area contributed by atoms with Crippen molar-refractivity contribution in [2.24, 2.45) is 0 Å². The minimum atomic E-state index is -5.05. The van der Waals surface area contributed by atoms with Gasteiger partial charge in [0.05, 0.1) is 18.4 Å². The average molecular weight is 257 g/mol. The highest BCUT2D eigenvalue weighted by Crippen LogP contribution is 2.36. The van der Waals surface area contributed by atoms with E-state index in [4.69, 9.17) is 0 Å². The van der Waals surface area contributed by atoms with Gasteiger partial charge in [0.15, 0.2) is 5.75 Å². The van der Waals surface area contributed by atoms with E-state index in [-0.39, 0.29) is 11.6 Å². The van der Waals surface area contributed by atoms with Gasteiger partial charge in [0.25, 0.3) is 6.43 Å². The standard InChI is InChI=1S/C9H8F5NO2/c1-4-7(17-9(12,13)14)5(8(10)11)3-6(15-4)16-2/h3,8H,1-2H3. The number of methoxy groups -OCH3 is 1. The lowest BCUT2D eigenvalue weighted by Crippen LogP contribution is -2.19. The third kappa shape index (κ3) is 3.43. The zero-order chi connectivity index (χ0) is 13.2. The summed E-state index contributed by atoms with van der Waals surface area (Å²) < 4.78 is 69.3. The van der Waals surface area contributed by atoms with Gasteiger partial charge in [-0.1, -0.05) is 0 Å². The Morgan fingerprint density at radius 3 is 2.29 bits per heavy atom. The van der Waals surface area contributed by atoms with Gasteiger partial charge in [-0.3, -0.25) is 0 Å². The fourth-order valence-electron chi connectivity index (χ4n) is 1.17. The number of aryl methyl sites for hydroxylation is 1. The molecule has 1 aromatic rings. The number of pyridine rings is 1. The molecule has 0 atom stereocenters. The maximum atomic E-state index is 12.6. The van der Waals surface area contributed by atoms with Crippen LogP contribution in [0.3, 0.4) is 0 Å². The molecule has 0 aliphatic heterocycles. The molecule has 0 N–H and O–H groups in total. The van der Waals surface area contributed by atoms with Crippen LogP contribution in [0, 0.1) is 6.92 Å². The van der Waals surface area contributed by atoms with Gasteiger partial charge in [-0.2, -0.15) is 0 Å². The van der Waals surface area contributed by atoms with Crippen molar-refractivity contribution < 1.29 is 31.4 Å². The highest BCUT2D eigenvalue weighted by Gasteiger charge is 2.34. The van der Waals surface area contributed by atoms with Crippen LogP contribution in [0.1, 0.15) is 17.7 Å². The van der Waals surface area contributed by atoms with Crippen molar-refractivity contribution in [2.45, 2.75) is 19.7 Å². The van der Waals surface area contributed by atoms with Gasteiger partial charge in [0.2, 0.25) is 5.88 Å². The van der Waals surface area contributed by atoms with Gasteiger partial charge in [-0.25, -0.2) is 13.8 Å². The maximum Gasteiger partial charge on any atom is 0.573 e. The predicted molar refractivity (Wildman–Crippen MR) is 47.2 cm³/mol. The monoisotopic (exact) mass is 257 g/mol. The van der Waals surface area contributed by atoms with E-state index in [0.717, 1.165) is 6.92 Å². The number of halogens is 5. The van der Waals surface area contributed by atoms with Crippen LogP contribution < -0.4 is 9.47 Å². The number of ether oxygens (including phenoxy) is 2. The van der Waals surface area contributed by atoms with Crippen LogP contribution in [0.2, 0.25) is 0 Å². The number of rotatable bonds is 3. The van der Waals surface area contributed by atoms with Crippen molar-refractivity contribution in [2.75, 3.05) is 7.11 Å². The number of hydrogen-bond donors (Lipinski definition) is 0. The first kappa shape index (κ1) is 13.5. The average Bonchev–Trinajstić information content (AvgIpc) is 2.18. The molecule has 0 fully saturated rings. The topological polar surface area (TPSA) is 31.4 Å². The lowest BCUT2D eigenvalue weighted by Gasteiger charge is -2.15. The Balaban J connectivity index is 3.27. The largest absolute Gasteiger partial charge is 0.573 e. The molecule has 1 heterocycles. The summed E-state index contributed by atoms with van der Waals surface area (Å²) in [5.74, 6) is -1.19. The number of hydrogen-bond acceptors (Lipinski definition) is 3. The quantitative estimate of drug-likeness (QED) is 0.779. The molecule has 0 aromatic carbocycles. The highest BCUT2D eigenvalue weighted by atomic mass is 19.4. The van der Waals surface area contributed by atoms with Gasteiger partial charge in [0.1, 0.15) is 0 Å². The van der Waals surface area contributed by atoms with E-state index < -0.39 is 24.1 Å². The van der Waals surface area contributed by atoms with E-state index in [1.165, 1.54) is 7.11 Å². The SMILES string of the molecule is COc1cc(C(F)F)c(OC(F)(F)F)c(C)n1. The molecule has 0 bridgehead atoms. The van der Waals surface area contributed by atoms with Crippen molar-refractivity contribution >= 4 is 0 Å². The highest BCUT2D eigenvalue weighted by molar-refractivity contribution is 5.41. The third-order valence-corrected chi connectivity index (χ3v) is 1.81. The Kier molecular flexibility index (Phi) is 3.74. The first-order chi connectivity index (χ1) is 7.74. The molecule has 0 radical (unpaired) electrons. The van der Waals surface area contributed by atoms with E-state index in [9.17, 15) is 22.0 Å². The van der Waals surface area contributed by atoms with Crippen LogP contribution in [0.4, 0.5) is 22.0 Å². The van der Waals surface area contributed by atoms with Crippen LogP contribution >= 0.6 is 0 Å². The first-order valence-electron chi connectivity index (χ1n) is 4.34. The van der Waals surface area contributed by atoms with Crippen LogP contribution in [-0.4, -0.2) is 18.5 Å². The number of nitrogens with zero attached hydrogens (tertiary/aromatic N) is 1. The smallest absolute Gasteiger partial charge is 0.481 e. The summed E-state index contributed by atoms with van der Waals surface area (Å²) in [6, 6.07) is 0.707. The summed E-state index contributed by atoms with van der Waals surface area (Å²) >= 11 is 0. The second kappa shape index (κ2) is 4.72. The molecule has 8 heteroatoms. The molecule has 0 saturated heterocycles. The molecule has 1 aromatic heterocycles. The molecule has 0 aliphatic rings. The molecule has 0 spiro atoms. The van der Waals surface area contributed by atoms with Crippen molar-refractivity contribution in [3.05, 3.63) is 17.3 Å². The Morgan fingerprint density at radius 2 is 1.88 bits per heavy atom. The summed E-state index contributed by atoms with van der Waals surface area (Å²) in [6.45, 7) is 1.12. The normalized spacial score (nSPS) is 11.8. The second-order valence-corrected chi connectivity index (χ2v) is 3.02. The molecule has 0 aliphatic carbocycles. The molecule has 0 amide bonds. The van der Waals surface area contributed by atoms with Crippen molar-refractivity contribution in [3.63, 3.8) is 0 Å². The van der Waals surface area contributed by atoms with Crippen LogP contribution in [0.5, 0.6) is 11.6 Å². The van der Waals surface area contributed by atoms with Gasteiger partial charge >= 0.3 is 6.36 Å². The van der Waals surface area contributed by atoms with E-state index >= 15 is 0 Å². The van der Waals surface area contributed by atoms with Crippen molar-refractivity contribution in [1.82, 2.24) is 4.98 Å². The molecular weight excluding hydrogens is 249 g/mol. The second-order valence-electron chi connectivity index (χ2n) is 3.02. The van der Waals surface area contributed by atoms with Crippen molar-refractivity contribution in [3.8, 4) is 11.6 Å².